The summed E-state index contributed by atoms with van der Waals surface area (Å²) >= 11 is -2.40. The van der Waals surface area contributed by atoms with E-state index < -0.39 is 24.3 Å². The Morgan fingerprint density at radius 1 is 1.00 bits per heavy atom. The SMILES string of the molecule is COC(=O)c1c[c]([Sn]([CH3])([CH3])[CH3])cc2c1C(=O)c1ccccc1-2. The Hall–Kier alpha value is -1.62. The Morgan fingerprint density at radius 3 is 2.23 bits per heavy atom. The number of ether oxygens (including phenoxy) is 1. The molecule has 22 heavy (non-hydrogen) atoms. The summed E-state index contributed by atoms with van der Waals surface area (Å²) in [5.74, 6) is -0.517. The van der Waals surface area contributed by atoms with Crippen molar-refractivity contribution in [3.8, 4) is 11.1 Å². The van der Waals surface area contributed by atoms with Crippen molar-refractivity contribution < 1.29 is 14.3 Å². The van der Waals surface area contributed by atoms with Crippen molar-refractivity contribution in [3.63, 3.8) is 0 Å². The number of rotatable bonds is 2. The van der Waals surface area contributed by atoms with E-state index in [1.54, 1.807) is 0 Å². The molecule has 0 heterocycles. The maximum atomic E-state index is 12.7. The van der Waals surface area contributed by atoms with Gasteiger partial charge in [0.05, 0.1) is 0 Å². The number of hydrogen-bond acceptors (Lipinski definition) is 3. The molecule has 1 aliphatic carbocycles. The molecular weight excluding hydrogens is 383 g/mol. The zero-order valence-corrected chi connectivity index (χ0v) is 16.0. The van der Waals surface area contributed by atoms with Crippen LogP contribution < -0.4 is 3.58 Å². The minimum atomic E-state index is -2.40. The third kappa shape index (κ3) is 2.28. The molecule has 0 fully saturated rings. The Balaban J connectivity index is 2.37. The van der Waals surface area contributed by atoms with Crippen LogP contribution >= 0.6 is 0 Å². The van der Waals surface area contributed by atoms with Crippen molar-refractivity contribution in [2.45, 2.75) is 14.8 Å². The van der Waals surface area contributed by atoms with Gasteiger partial charge in [0.1, 0.15) is 0 Å². The van der Waals surface area contributed by atoms with Gasteiger partial charge in [-0.15, -0.1) is 0 Å². The standard InChI is InChI=1S/C15H9O3.3CH3.Sn/c1-18-15(17)12-8-4-7-10-9-5-2-3-6-11(9)14(16)13(10)12;;;;/h2-3,5-8H,1H3;3*1H3;. The van der Waals surface area contributed by atoms with Gasteiger partial charge in [-0.1, -0.05) is 0 Å². The van der Waals surface area contributed by atoms with Crippen molar-refractivity contribution in [2.75, 3.05) is 7.11 Å². The summed E-state index contributed by atoms with van der Waals surface area (Å²) < 4.78 is 6.13. The van der Waals surface area contributed by atoms with Gasteiger partial charge in [0, 0.05) is 0 Å². The average molecular weight is 401 g/mol. The van der Waals surface area contributed by atoms with Crippen LogP contribution in [0.5, 0.6) is 0 Å². The number of carbonyl (C=O) groups excluding carboxylic acids is 2. The molecule has 0 spiro atoms. The van der Waals surface area contributed by atoms with E-state index in [-0.39, 0.29) is 5.78 Å². The van der Waals surface area contributed by atoms with E-state index in [4.69, 9.17) is 4.74 Å². The van der Waals surface area contributed by atoms with E-state index >= 15 is 0 Å². The Morgan fingerprint density at radius 2 is 1.64 bits per heavy atom. The predicted molar refractivity (Wildman–Crippen MR) is 89.6 cm³/mol. The van der Waals surface area contributed by atoms with E-state index in [1.807, 2.05) is 30.3 Å². The van der Waals surface area contributed by atoms with E-state index in [0.29, 0.717) is 16.7 Å². The first-order valence-electron chi connectivity index (χ1n) is 7.25. The van der Waals surface area contributed by atoms with Crippen LogP contribution in [0.3, 0.4) is 0 Å². The van der Waals surface area contributed by atoms with Gasteiger partial charge in [-0.05, 0) is 0 Å². The van der Waals surface area contributed by atoms with Gasteiger partial charge < -0.3 is 0 Å². The zero-order valence-electron chi connectivity index (χ0n) is 13.2. The van der Waals surface area contributed by atoms with Crippen LogP contribution in [0.1, 0.15) is 26.3 Å². The molecular formula is C18H18O3Sn. The molecule has 1 aliphatic rings. The van der Waals surface area contributed by atoms with Crippen molar-refractivity contribution in [1.82, 2.24) is 0 Å². The fraction of sp³-hybridized carbons (Fsp3) is 0.222. The Bertz CT molecular complexity index is 800. The molecule has 2 aromatic carbocycles. The molecule has 0 saturated heterocycles. The summed E-state index contributed by atoms with van der Waals surface area (Å²) in [7, 11) is 1.36. The average Bonchev–Trinajstić information content (AvgIpc) is 2.79. The van der Waals surface area contributed by atoms with Crippen LogP contribution in [0.15, 0.2) is 36.4 Å². The predicted octanol–water partition coefficient (Wildman–Crippen LogP) is 3.23. The first-order valence-corrected chi connectivity index (χ1v) is 17.2. The van der Waals surface area contributed by atoms with E-state index in [0.717, 1.165) is 11.1 Å². The second kappa shape index (κ2) is 5.23. The summed E-state index contributed by atoms with van der Waals surface area (Å²) in [6.07, 6.45) is 0. The van der Waals surface area contributed by atoms with Crippen molar-refractivity contribution in [1.29, 1.82) is 0 Å². The maximum absolute atomic E-state index is 12.7. The molecule has 2 aromatic rings. The molecule has 0 bridgehead atoms. The van der Waals surface area contributed by atoms with Crippen molar-refractivity contribution in [3.05, 3.63) is 53.1 Å². The first kappa shape index (κ1) is 15.3. The Kier molecular flexibility index (Phi) is 3.63. The van der Waals surface area contributed by atoms with Crippen molar-refractivity contribution >= 4 is 33.7 Å². The molecule has 0 saturated carbocycles. The van der Waals surface area contributed by atoms with Crippen molar-refractivity contribution in [2.24, 2.45) is 0 Å². The van der Waals surface area contributed by atoms with Gasteiger partial charge in [-0.25, -0.2) is 0 Å². The molecule has 0 atom stereocenters. The molecule has 0 amide bonds. The van der Waals surface area contributed by atoms with Crippen LogP contribution in [0.2, 0.25) is 14.8 Å². The molecule has 0 aliphatic heterocycles. The van der Waals surface area contributed by atoms with Gasteiger partial charge in [0.25, 0.3) is 0 Å². The number of ketones is 1. The third-order valence-corrected chi connectivity index (χ3v) is 9.87. The second-order valence-electron chi connectivity index (χ2n) is 6.56. The summed E-state index contributed by atoms with van der Waals surface area (Å²) in [5.41, 5.74) is 3.37. The summed E-state index contributed by atoms with van der Waals surface area (Å²) in [4.78, 5) is 31.8. The molecule has 3 rings (SSSR count). The topological polar surface area (TPSA) is 43.4 Å². The quantitative estimate of drug-likeness (QED) is 0.490. The van der Waals surface area contributed by atoms with Crippen LogP contribution in [0, 0.1) is 0 Å². The van der Waals surface area contributed by atoms with E-state index in [9.17, 15) is 9.59 Å². The molecule has 3 nitrogen and oxygen atoms in total. The van der Waals surface area contributed by atoms with Crippen LogP contribution in [-0.2, 0) is 4.74 Å². The minimum absolute atomic E-state index is 0.0818. The number of esters is 1. The molecule has 4 heteroatoms. The summed E-state index contributed by atoms with van der Waals surface area (Å²) in [5, 5.41) is 0. The second-order valence-corrected chi connectivity index (χ2v) is 21.1. The molecule has 0 aromatic heterocycles. The van der Waals surface area contributed by atoms with Gasteiger partial charge in [0.2, 0.25) is 0 Å². The fourth-order valence-electron chi connectivity index (χ4n) is 2.85. The van der Waals surface area contributed by atoms with Gasteiger partial charge in [0.15, 0.2) is 0 Å². The van der Waals surface area contributed by atoms with Crippen LogP contribution in [-0.4, -0.2) is 37.2 Å². The number of carbonyl (C=O) groups is 2. The number of benzene rings is 2. The number of hydrogen-bond donors (Lipinski definition) is 0. The third-order valence-electron chi connectivity index (χ3n) is 4.10. The molecule has 112 valence electrons. The number of methoxy groups -OCH3 is 1. The van der Waals surface area contributed by atoms with Gasteiger partial charge >= 0.3 is 134 Å². The van der Waals surface area contributed by atoms with Gasteiger partial charge in [-0.3, -0.25) is 0 Å². The zero-order chi connectivity index (χ0) is 16.1. The van der Waals surface area contributed by atoms with E-state index in [2.05, 4.69) is 20.9 Å². The van der Waals surface area contributed by atoms with Crippen LogP contribution in [0.25, 0.3) is 11.1 Å². The normalized spacial score (nSPS) is 12.8. The number of fused-ring (bicyclic) bond motifs is 3. The summed E-state index contributed by atoms with van der Waals surface area (Å²) in [6.45, 7) is 0. The fourth-order valence-corrected chi connectivity index (χ4v) is 6.15. The van der Waals surface area contributed by atoms with Crippen LogP contribution in [0.4, 0.5) is 0 Å². The first-order chi connectivity index (χ1) is 10.3. The molecule has 0 unspecified atom stereocenters. The molecule has 0 N–H and O–H groups in total. The Labute approximate surface area is 134 Å². The monoisotopic (exact) mass is 402 g/mol. The van der Waals surface area contributed by atoms with E-state index in [1.165, 1.54) is 10.7 Å². The van der Waals surface area contributed by atoms with Gasteiger partial charge in [-0.2, -0.15) is 0 Å². The molecule has 0 radical (unpaired) electrons. The summed E-state index contributed by atoms with van der Waals surface area (Å²) in [6, 6.07) is 11.5.